The zero-order valence-corrected chi connectivity index (χ0v) is 16.1. The van der Waals surface area contributed by atoms with Crippen LogP contribution < -0.4 is 0 Å². The van der Waals surface area contributed by atoms with E-state index in [1.165, 1.54) is 30.4 Å². The van der Waals surface area contributed by atoms with Gasteiger partial charge in [0.15, 0.2) is 0 Å². The number of hydrogen-bond donors (Lipinski definition) is 1. The number of benzene rings is 2. The molecule has 2 aromatic rings. The van der Waals surface area contributed by atoms with E-state index in [1.54, 1.807) is 0 Å². The molecule has 1 aliphatic rings. The molecule has 1 aliphatic carbocycles. The lowest BCUT2D eigenvalue weighted by atomic mass is 9.81. The van der Waals surface area contributed by atoms with E-state index in [4.69, 9.17) is 0 Å². The highest BCUT2D eigenvalue weighted by Crippen LogP contribution is 2.31. The molecule has 2 aromatic carbocycles. The summed E-state index contributed by atoms with van der Waals surface area (Å²) in [4.78, 5) is 14.1. The molecule has 0 saturated heterocycles. The maximum absolute atomic E-state index is 11.7. The first-order valence-electron chi connectivity index (χ1n) is 10.3. The number of rotatable bonds is 9. The van der Waals surface area contributed by atoms with Crippen molar-refractivity contribution in [1.82, 2.24) is 4.90 Å². The van der Waals surface area contributed by atoms with Crippen LogP contribution in [0.3, 0.4) is 0 Å². The van der Waals surface area contributed by atoms with Gasteiger partial charge in [-0.2, -0.15) is 0 Å². The zero-order valence-electron chi connectivity index (χ0n) is 16.1. The van der Waals surface area contributed by atoms with Crippen LogP contribution >= 0.6 is 0 Å². The third-order valence-corrected chi connectivity index (χ3v) is 5.81. The standard InChI is InChI=1S/C24H31NO2/c26-24(27)18-23(22-14-8-3-9-15-22)25(19-21-12-6-2-7-13-21)17-16-20-10-4-1-5-11-20/h1-2,4-7,10-13,22-23H,3,8-9,14-19H2,(H,26,27). The van der Waals surface area contributed by atoms with Crippen LogP contribution in [0.25, 0.3) is 0 Å². The van der Waals surface area contributed by atoms with Crippen LogP contribution in [0.5, 0.6) is 0 Å². The predicted octanol–water partition coefficient (Wildman–Crippen LogP) is 5.15. The molecule has 1 N–H and O–H groups in total. The van der Waals surface area contributed by atoms with Crippen molar-refractivity contribution in [3.05, 3.63) is 71.8 Å². The van der Waals surface area contributed by atoms with Crippen molar-refractivity contribution in [1.29, 1.82) is 0 Å². The third-order valence-electron chi connectivity index (χ3n) is 5.81. The summed E-state index contributed by atoms with van der Waals surface area (Å²) in [6, 6.07) is 21.1. The van der Waals surface area contributed by atoms with Crippen molar-refractivity contribution in [3.8, 4) is 0 Å². The quantitative estimate of drug-likeness (QED) is 0.668. The Hall–Kier alpha value is -2.13. The van der Waals surface area contributed by atoms with Crippen LogP contribution in [0.1, 0.15) is 49.7 Å². The van der Waals surface area contributed by atoms with Crippen LogP contribution in [0.15, 0.2) is 60.7 Å². The molecule has 0 radical (unpaired) electrons. The van der Waals surface area contributed by atoms with Crippen LogP contribution in [0, 0.1) is 5.92 Å². The minimum Gasteiger partial charge on any atom is -0.481 e. The number of carbonyl (C=O) groups is 1. The zero-order chi connectivity index (χ0) is 18.9. The van der Waals surface area contributed by atoms with Gasteiger partial charge in [-0.25, -0.2) is 0 Å². The SMILES string of the molecule is O=C(O)CC(C1CCCCC1)N(CCc1ccccc1)Cc1ccccc1. The molecule has 0 spiro atoms. The number of hydrogen-bond acceptors (Lipinski definition) is 2. The van der Waals surface area contributed by atoms with E-state index in [1.807, 2.05) is 12.1 Å². The van der Waals surface area contributed by atoms with Gasteiger partial charge in [-0.1, -0.05) is 79.9 Å². The second-order valence-corrected chi connectivity index (χ2v) is 7.75. The monoisotopic (exact) mass is 365 g/mol. The van der Waals surface area contributed by atoms with Crippen LogP contribution in [0.4, 0.5) is 0 Å². The highest BCUT2D eigenvalue weighted by Gasteiger charge is 2.30. The van der Waals surface area contributed by atoms with Gasteiger partial charge in [0.2, 0.25) is 0 Å². The molecule has 144 valence electrons. The molecule has 3 nitrogen and oxygen atoms in total. The second-order valence-electron chi connectivity index (χ2n) is 7.75. The van der Waals surface area contributed by atoms with E-state index in [0.29, 0.717) is 5.92 Å². The van der Waals surface area contributed by atoms with Gasteiger partial charge in [0.1, 0.15) is 0 Å². The maximum Gasteiger partial charge on any atom is 0.304 e. The fourth-order valence-electron chi connectivity index (χ4n) is 4.39. The number of carboxylic acids is 1. The summed E-state index contributed by atoms with van der Waals surface area (Å²) in [7, 11) is 0. The van der Waals surface area contributed by atoms with Crippen LogP contribution in [0.2, 0.25) is 0 Å². The molecule has 3 heteroatoms. The third kappa shape index (κ3) is 6.21. The largest absolute Gasteiger partial charge is 0.481 e. The topological polar surface area (TPSA) is 40.5 Å². The Kier molecular flexibility index (Phi) is 7.46. The van der Waals surface area contributed by atoms with Crippen molar-refractivity contribution in [2.75, 3.05) is 6.54 Å². The lowest BCUT2D eigenvalue weighted by Gasteiger charge is -2.38. The molecule has 3 rings (SSSR count). The van der Waals surface area contributed by atoms with Crippen molar-refractivity contribution >= 4 is 5.97 Å². The molecule has 27 heavy (non-hydrogen) atoms. The highest BCUT2D eigenvalue weighted by atomic mass is 16.4. The molecule has 0 heterocycles. The lowest BCUT2D eigenvalue weighted by molar-refractivity contribution is -0.139. The summed E-state index contributed by atoms with van der Waals surface area (Å²) in [6.07, 6.45) is 7.28. The van der Waals surface area contributed by atoms with Gasteiger partial charge in [-0.15, -0.1) is 0 Å². The van der Waals surface area contributed by atoms with Gasteiger partial charge >= 0.3 is 5.97 Å². The molecule has 0 bridgehead atoms. The summed E-state index contributed by atoms with van der Waals surface area (Å²) in [6.45, 7) is 1.72. The highest BCUT2D eigenvalue weighted by molar-refractivity contribution is 5.67. The Morgan fingerprint density at radius 3 is 2.11 bits per heavy atom. The van der Waals surface area contributed by atoms with Gasteiger partial charge in [0.25, 0.3) is 0 Å². The first-order valence-corrected chi connectivity index (χ1v) is 10.3. The Balaban J connectivity index is 1.78. The summed E-state index contributed by atoms with van der Waals surface area (Å²) in [5.74, 6) is -0.183. The van der Waals surface area contributed by atoms with Crippen molar-refractivity contribution in [3.63, 3.8) is 0 Å². The van der Waals surface area contributed by atoms with E-state index in [9.17, 15) is 9.90 Å². The molecule has 1 saturated carbocycles. The minimum absolute atomic E-state index is 0.117. The predicted molar refractivity (Wildman–Crippen MR) is 110 cm³/mol. The molecule has 0 aromatic heterocycles. The normalized spacial score (nSPS) is 16.3. The molecule has 0 amide bonds. The van der Waals surface area contributed by atoms with Gasteiger partial charge in [0.05, 0.1) is 6.42 Å². The van der Waals surface area contributed by atoms with E-state index in [-0.39, 0.29) is 12.5 Å². The van der Waals surface area contributed by atoms with Crippen molar-refractivity contribution in [2.24, 2.45) is 5.92 Å². The molecular weight excluding hydrogens is 334 g/mol. The molecule has 1 fully saturated rings. The van der Waals surface area contributed by atoms with Crippen LogP contribution in [-0.4, -0.2) is 28.6 Å². The Labute approximate surface area is 163 Å². The minimum atomic E-state index is -0.677. The summed E-state index contributed by atoms with van der Waals surface area (Å²) in [5, 5.41) is 9.59. The Morgan fingerprint density at radius 1 is 0.926 bits per heavy atom. The summed E-state index contributed by atoms with van der Waals surface area (Å²) in [5.41, 5.74) is 2.57. The summed E-state index contributed by atoms with van der Waals surface area (Å²) < 4.78 is 0. The van der Waals surface area contributed by atoms with E-state index < -0.39 is 5.97 Å². The fourth-order valence-corrected chi connectivity index (χ4v) is 4.39. The van der Waals surface area contributed by atoms with Crippen LogP contribution in [-0.2, 0) is 17.8 Å². The van der Waals surface area contributed by atoms with Gasteiger partial charge in [0, 0.05) is 19.1 Å². The van der Waals surface area contributed by atoms with E-state index >= 15 is 0 Å². The average molecular weight is 366 g/mol. The number of nitrogens with zero attached hydrogens (tertiary/aromatic N) is 1. The van der Waals surface area contributed by atoms with Gasteiger partial charge in [-0.05, 0) is 36.3 Å². The summed E-state index contributed by atoms with van der Waals surface area (Å²) >= 11 is 0. The lowest BCUT2D eigenvalue weighted by Crippen LogP contribution is -2.43. The van der Waals surface area contributed by atoms with Crippen molar-refractivity contribution < 1.29 is 9.90 Å². The van der Waals surface area contributed by atoms with Crippen molar-refractivity contribution in [2.45, 2.75) is 57.5 Å². The number of carboxylic acid groups (broad SMARTS) is 1. The van der Waals surface area contributed by atoms with E-state index in [0.717, 1.165) is 32.4 Å². The average Bonchev–Trinajstić information content (AvgIpc) is 2.71. The number of aliphatic carboxylic acids is 1. The first-order chi connectivity index (χ1) is 13.2. The maximum atomic E-state index is 11.7. The molecule has 1 atom stereocenters. The van der Waals surface area contributed by atoms with Gasteiger partial charge in [-0.3, -0.25) is 9.69 Å². The second kappa shape index (κ2) is 10.3. The smallest absolute Gasteiger partial charge is 0.304 e. The van der Waals surface area contributed by atoms with Gasteiger partial charge < -0.3 is 5.11 Å². The molecular formula is C24H31NO2. The fraction of sp³-hybridized carbons (Fsp3) is 0.458. The molecule has 0 aliphatic heterocycles. The van der Waals surface area contributed by atoms with E-state index in [2.05, 4.69) is 53.4 Å². The Morgan fingerprint density at radius 2 is 1.52 bits per heavy atom. The molecule has 1 unspecified atom stereocenters. The first kappa shape index (κ1) is 19.6. The Bertz CT molecular complexity index is 680.